The number of hydrogen-bond donors (Lipinski definition) is 0. The second-order valence-corrected chi connectivity index (χ2v) is 7.35. The van der Waals surface area contributed by atoms with Gasteiger partial charge in [0.2, 0.25) is 0 Å². The maximum atomic E-state index is 2.45. The molecule has 0 aliphatic carbocycles. The molecule has 2 nitrogen and oxygen atoms in total. The van der Waals surface area contributed by atoms with Crippen LogP contribution in [0.4, 0.5) is 0 Å². The van der Waals surface area contributed by atoms with Crippen molar-refractivity contribution in [1.82, 2.24) is 0 Å². The zero-order valence-corrected chi connectivity index (χ0v) is 16.4. The molecule has 0 aliphatic heterocycles. The molecule has 0 spiro atoms. The third kappa shape index (κ3) is 4.90. The minimum Gasteiger partial charge on any atom is -0.200 e. The van der Waals surface area contributed by atoms with E-state index >= 15 is 0 Å². The first-order valence-electron chi connectivity index (χ1n) is 9.34. The molecule has 0 amide bonds. The largest absolute Gasteiger partial charge is 0.200 e. The molecular weight excluding hydrogens is 292 g/mol. The summed E-state index contributed by atoms with van der Waals surface area (Å²) in [5, 5.41) is 0. The van der Waals surface area contributed by atoms with Crippen molar-refractivity contribution in [2.24, 2.45) is 0 Å². The summed E-state index contributed by atoms with van der Waals surface area (Å²) in [5.74, 6) is 0. The van der Waals surface area contributed by atoms with Crippen LogP contribution in [0, 0.1) is 41.5 Å². The van der Waals surface area contributed by atoms with Crippen molar-refractivity contribution in [2.75, 3.05) is 0 Å². The molecule has 0 aliphatic rings. The lowest BCUT2D eigenvalue weighted by atomic mass is 10.1. The number of aryl methyl sites for hydroxylation is 6. The van der Waals surface area contributed by atoms with E-state index in [0.29, 0.717) is 0 Å². The van der Waals surface area contributed by atoms with E-state index < -0.39 is 0 Å². The molecule has 24 heavy (non-hydrogen) atoms. The van der Waals surface area contributed by atoms with E-state index in [1.54, 1.807) is 0 Å². The van der Waals surface area contributed by atoms with Gasteiger partial charge in [0.05, 0.1) is 0 Å². The standard InChI is InChI=1S/C22H34N2/c1-17-13-19(3)23(20(4)14-17)11-9-7-8-10-12-24-21(5)15-18(2)16-22(24)6/h13-16H,7-12H2,1-6H3/q+2. The second kappa shape index (κ2) is 8.41. The number of hydrogen-bond acceptors (Lipinski definition) is 0. The van der Waals surface area contributed by atoms with Gasteiger partial charge in [-0.05, 0) is 37.8 Å². The summed E-state index contributed by atoms with van der Waals surface area (Å²) in [6.07, 6.45) is 5.16. The quantitative estimate of drug-likeness (QED) is 0.527. The molecule has 2 heterocycles. The Morgan fingerprint density at radius 2 is 0.792 bits per heavy atom. The molecule has 2 aromatic rings. The fourth-order valence-electron chi connectivity index (χ4n) is 3.87. The minimum absolute atomic E-state index is 1.15. The van der Waals surface area contributed by atoms with Crippen LogP contribution in [0.3, 0.4) is 0 Å². The van der Waals surface area contributed by atoms with Crippen molar-refractivity contribution in [2.45, 2.75) is 80.3 Å². The van der Waals surface area contributed by atoms with Crippen LogP contribution < -0.4 is 9.13 Å². The van der Waals surface area contributed by atoms with Crippen molar-refractivity contribution in [3.8, 4) is 0 Å². The van der Waals surface area contributed by atoms with Gasteiger partial charge in [0.15, 0.2) is 22.8 Å². The lowest BCUT2D eigenvalue weighted by Gasteiger charge is -2.07. The predicted octanol–water partition coefficient (Wildman–Crippen LogP) is 4.37. The van der Waals surface area contributed by atoms with E-state index in [4.69, 9.17) is 0 Å². The van der Waals surface area contributed by atoms with Gasteiger partial charge >= 0.3 is 0 Å². The molecule has 130 valence electrons. The van der Waals surface area contributed by atoms with Crippen LogP contribution in [0.25, 0.3) is 0 Å². The van der Waals surface area contributed by atoms with Crippen molar-refractivity contribution >= 4 is 0 Å². The summed E-state index contributed by atoms with van der Waals surface area (Å²) in [4.78, 5) is 0. The van der Waals surface area contributed by atoms with Crippen LogP contribution in [-0.2, 0) is 13.1 Å². The Morgan fingerprint density at radius 1 is 0.500 bits per heavy atom. The molecule has 0 fully saturated rings. The Labute approximate surface area is 148 Å². The summed E-state index contributed by atoms with van der Waals surface area (Å²) in [7, 11) is 0. The summed E-state index contributed by atoms with van der Waals surface area (Å²) < 4.78 is 4.91. The SMILES string of the molecule is Cc1cc(C)[n+](CCCCCC[n+]2c(C)cc(C)cc2C)c(C)c1. The van der Waals surface area contributed by atoms with E-state index in [2.05, 4.69) is 74.9 Å². The normalized spacial score (nSPS) is 11.1. The van der Waals surface area contributed by atoms with Gasteiger partial charge in [0, 0.05) is 64.8 Å². The fraction of sp³-hybridized carbons (Fsp3) is 0.545. The molecule has 2 heteroatoms. The maximum Gasteiger partial charge on any atom is 0.178 e. The molecule has 0 aromatic carbocycles. The molecule has 0 unspecified atom stereocenters. The van der Waals surface area contributed by atoms with E-state index in [1.807, 2.05) is 0 Å². The fourth-order valence-corrected chi connectivity index (χ4v) is 3.87. The van der Waals surface area contributed by atoms with Gasteiger partial charge in [0.1, 0.15) is 13.1 Å². The van der Waals surface area contributed by atoms with Crippen molar-refractivity contribution in [3.05, 3.63) is 58.2 Å². The first-order chi connectivity index (χ1) is 11.4. The van der Waals surface area contributed by atoms with Crippen LogP contribution in [0.5, 0.6) is 0 Å². The smallest absolute Gasteiger partial charge is 0.178 e. The third-order valence-electron chi connectivity index (χ3n) is 4.96. The van der Waals surface area contributed by atoms with E-state index in [1.165, 1.54) is 59.6 Å². The lowest BCUT2D eigenvalue weighted by molar-refractivity contribution is -0.710. The zero-order valence-electron chi connectivity index (χ0n) is 16.4. The number of unbranched alkanes of at least 4 members (excludes halogenated alkanes) is 3. The highest BCUT2D eigenvalue weighted by Crippen LogP contribution is 2.06. The highest BCUT2D eigenvalue weighted by atomic mass is 15.0. The van der Waals surface area contributed by atoms with E-state index in [-0.39, 0.29) is 0 Å². The molecule has 0 saturated heterocycles. The number of pyridine rings is 2. The van der Waals surface area contributed by atoms with Crippen LogP contribution in [0.1, 0.15) is 59.6 Å². The topological polar surface area (TPSA) is 7.76 Å². The first kappa shape index (κ1) is 18.6. The average molecular weight is 327 g/mol. The molecular formula is C22H34N2+2. The minimum atomic E-state index is 1.15. The highest BCUT2D eigenvalue weighted by molar-refractivity contribution is 5.14. The van der Waals surface area contributed by atoms with E-state index in [0.717, 1.165) is 13.1 Å². The molecule has 0 N–H and O–H groups in total. The Balaban J connectivity index is 1.77. The molecule has 0 radical (unpaired) electrons. The summed E-state index contributed by atoms with van der Waals surface area (Å²) in [5.41, 5.74) is 8.26. The van der Waals surface area contributed by atoms with Gasteiger partial charge in [-0.25, -0.2) is 9.13 Å². The monoisotopic (exact) mass is 326 g/mol. The Kier molecular flexibility index (Phi) is 6.53. The van der Waals surface area contributed by atoms with Crippen molar-refractivity contribution in [1.29, 1.82) is 0 Å². The molecule has 2 aromatic heterocycles. The van der Waals surface area contributed by atoms with Gasteiger partial charge in [-0.2, -0.15) is 0 Å². The van der Waals surface area contributed by atoms with Crippen LogP contribution in [0.15, 0.2) is 24.3 Å². The summed E-state index contributed by atoms with van der Waals surface area (Å²) >= 11 is 0. The molecule has 0 saturated carbocycles. The summed E-state index contributed by atoms with van der Waals surface area (Å²) in [6.45, 7) is 15.5. The van der Waals surface area contributed by atoms with Crippen LogP contribution in [0.2, 0.25) is 0 Å². The molecule has 2 rings (SSSR count). The van der Waals surface area contributed by atoms with Crippen LogP contribution >= 0.6 is 0 Å². The number of aromatic nitrogens is 2. The van der Waals surface area contributed by atoms with E-state index in [9.17, 15) is 0 Å². The third-order valence-corrected chi connectivity index (χ3v) is 4.96. The predicted molar refractivity (Wildman–Crippen MR) is 100 cm³/mol. The first-order valence-corrected chi connectivity index (χ1v) is 9.34. The van der Waals surface area contributed by atoms with Gasteiger partial charge < -0.3 is 0 Å². The Hall–Kier alpha value is -1.70. The lowest BCUT2D eigenvalue weighted by Crippen LogP contribution is -2.41. The molecule has 0 atom stereocenters. The average Bonchev–Trinajstić information content (AvgIpc) is 2.46. The zero-order chi connectivity index (χ0) is 17.7. The second-order valence-electron chi connectivity index (χ2n) is 7.35. The highest BCUT2D eigenvalue weighted by Gasteiger charge is 2.12. The van der Waals surface area contributed by atoms with Gasteiger partial charge in [-0.3, -0.25) is 0 Å². The van der Waals surface area contributed by atoms with Gasteiger partial charge in [0.25, 0.3) is 0 Å². The Morgan fingerprint density at radius 3 is 1.08 bits per heavy atom. The van der Waals surface area contributed by atoms with Gasteiger partial charge in [-0.15, -0.1) is 0 Å². The van der Waals surface area contributed by atoms with Gasteiger partial charge in [-0.1, -0.05) is 0 Å². The maximum absolute atomic E-state index is 2.45. The summed E-state index contributed by atoms with van der Waals surface area (Å²) in [6, 6.07) is 9.14. The number of rotatable bonds is 7. The van der Waals surface area contributed by atoms with Crippen molar-refractivity contribution in [3.63, 3.8) is 0 Å². The van der Waals surface area contributed by atoms with Crippen molar-refractivity contribution < 1.29 is 9.13 Å². The molecule has 0 bridgehead atoms. The number of nitrogens with zero attached hydrogens (tertiary/aromatic N) is 2. The Bertz CT molecular complexity index is 594. The van der Waals surface area contributed by atoms with Crippen LogP contribution in [-0.4, -0.2) is 0 Å².